The van der Waals surface area contributed by atoms with Crippen LogP contribution in [0.15, 0.2) is 29.2 Å². The largest absolute Gasteiger partial charge is 0.465 e. The minimum atomic E-state index is -0.409. The Morgan fingerprint density at radius 3 is 2.68 bits per heavy atom. The summed E-state index contributed by atoms with van der Waals surface area (Å²) < 4.78 is 11.9. The van der Waals surface area contributed by atoms with Crippen molar-refractivity contribution in [2.24, 2.45) is 12.0 Å². The van der Waals surface area contributed by atoms with E-state index in [0.717, 1.165) is 11.8 Å². The molecular weight excluding hydrogens is 390 g/mol. The number of nitrogens with zero attached hydrogens (tertiary/aromatic N) is 3. The Balaban J connectivity index is 2.57. The SMILES string of the molecule is COC(=O)c1cc(C(C)Br)/c(=N/C(=C\C=O)N2CCOCC2)n(C)c1. The molecule has 0 saturated carbocycles. The highest BCUT2D eigenvalue weighted by Gasteiger charge is 2.16. The maximum Gasteiger partial charge on any atom is 0.339 e. The predicted molar refractivity (Wildman–Crippen MR) is 96.2 cm³/mol. The second-order valence-corrected chi connectivity index (χ2v) is 6.97. The minimum absolute atomic E-state index is 0.0378. The number of methoxy groups -OCH3 is 1. The molecular formula is C17H22BrN3O4. The summed E-state index contributed by atoms with van der Waals surface area (Å²) in [5, 5.41) is 0. The molecule has 1 saturated heterocycles. The molecule has 8 heteroatoms. The van der Waals surface area contributed by atoms with Crippen LogP contribution in [-0.2, 0) is 21.3 Å². The lowest BCUT2D eigenvalue weighted by Crippen LogP contribution is -2.36. The summed E-state index contributed by atoms with van der Waals surface area (Å²) in [7, 11) is 3.16. The van der Waals surface area contributed by atoms with Gasteiger partial charge in [-0.15, -0.1) is 0 Å². The first-order chi connectivity index (χ1) is 12.0. The number of pyridine rings is 1. The number of allylic oxidation sites excluding steroid dienone is 1. The molecule has 136 valence electrons. The van der Waals surface area contributed by atoms with E-state index in [1.807, 2.05) is 18.9 Å². The van der Waals surface area contributed by atoms with Gasteiger partial charge in [-0.25, -0.2) is 9.79 Å². The number of alkyl halides is 1. The Labute approximate surface area is 155 Å². The van der Waals surface area contributed by atoms with E-state index >= 15 is 0 Å². The van der Waals surface area contributed by atoms with E-state index in [9.17, 15) is 9.59 Å². The first-order valence-electron chi connectivity index (χ1n) is 7.93. The molecule has 1 aromatic rings. The van der Waals surface area contributed by atoms with Crippen LogP contribution in [0, 0.1) is 0 Å². The third-order valence-corrected chi connectivity index (χ3v) is 4.35. The van der Waals surface area contributed by atoms with Crippen molar-refractivity contribution in [2.75, 3.05) is 33.4 Å². The number of aryl methyl sites for hydroxylation is 1. The predicted octanol–water partition coefficient (Wildman–Crippen LogP) is 1.54. The molecule has 0 aliphatic carbocycles. The monoisotopic (exact) mass is 411 g/mol. The van der Waals surface area contributed by atoms with E-state index in [0.29, 0.717) is 43.2 Å². The van der Waals surface area contributed by atoms with Crippen LogP contribution in [0.4, 0.5) is 0 Å². The van der Waals surface area contributed by atoms with Crippen molar-refractivity contribution < 1.29 is 19.1 Å². The van der Waals surface area contributed by atoms with E-state index in [1.165, 1.54) is 13.2 Å². The third-order valence-electron chi connectivity index (χ3n) is 3.86. The summed E-state index contributed by atoms with van der Waals surface area (Å²) in [6, 6.07) is 1.75. The van der Waals surface area contributed by atoms with Gasteiger partial charge in [0.05, 0.1) is 25.9 Å². The standard InChI is InChI=1S/C17H22BrN3O4/c1-12(18)14-10-13(17(23)24-3)11-20(2)16(14)19-15(4-7-22)21-5-8-25-9-6-21/h4,7,10-12H,5-6,8-9H2,1-3H3/b15-4+,19-16-. The number of aromatic nitrogens is 1. The van der Waals surface area contributed by atoms with Crippen LogP contribution in [0.5, 0.6) is 0 Å². The van der Waals surface area contributed by atoms with Crippen LogP contribution < -0.4 is 5.49 Å². The molecule has 1 aromatic heterocycles. The van der Waals surface area contributed by atoms with Gasteiger partial charge >= 0.3 is 5.97 Å². The molecule has 0 radical (unpaired) electrons. The Morgan fingerprint density at radius 2 is 2.12 bits per heavy atom. The van der Waals surface area contributed by atoms with Crippen LogP contribution in [0.25, 0.3) is 0 Å². The number of ether oxygens (including phenoxy) is 2. The maximum absolute atomic E-state index is 11.9. The maximum atomic E-state index is 11.9. The number of morpholine rings is 1. The number of carbonyl (C=O) groups is 2. The van der Waals surface area contributed by atoms with E-state index in [-0.39, 0.29) is 4.83 Å². The molecule has 0 amide bonds. The minimum Gasteiger partial charge on any atom is -0.465 e. The zero-order valence-corrected chi connectivity index (χ0v) is 16.2. The van der Waals surface area contributed by atoms with E-state index < -0.39 is 5.97 Å². The summed E-state index contributed by atoms with van der Waals surface area (Å²) in [6.07, 6.45) is 3.85. The van der Waals surface area contributed by atoms with Gasteiger partial charge in [0, 0.05) is 42.8 Å². The number of aldehydes is 1. The van der Waals surface area contributed by atoms with Gasteiger partial charge in [0.2, 0.25) is 0 Å². The van der Waals surface area contributed by atoms with Crippen LogP contribution in [-0.4, -0.2) is 55.1 Å². The fraction of sp³-hybridized carbons (Fsp3) is 0.471. The number of esters is 1. The van der Waals surface area contributed by atoms with Gasteiger partial charge in [-0.05, 0) is 13.0 Å². The topological polar surface area (TPSA) is 73.1 Å². The van der Waals surface area contributed by atoms with Crippen molar-refractivity contribution >= 4 is 28.2 Å². The van der Waals surface area contributed by atoms with Crippen molar-refractivity contribution in [1.29, 1.82) is 0 Å². The number of carbonyl (C=O) groups excluding carboxylic acids is 2. The summed E-state index contributed by atoms with van der Waals surface area (Å²) in [6.45, 7) is 4.49. The molecule has 1 aliphatic heterocycles. The van der Waals surface area contributed by atoms with Crippen molar-refractivity contribution in [3.63, 3.8) is 0 Å². The van der Waals surface area contributed by atoms with Gasteiger partial charge in [-0.3, -0.25) is 4.79 Å². The molecule has 1 aliphatic rings. The molecule has 25 heavy (non-hydrogen) atoms. The first kappa shape index (κ1) is 19.4. The number of halogens is 1. The van der Waals surface area contributed by atoms with E-state index in [4.69, 9.17) is 14.5 Å². The van der Waals surface area contributed by atoms with E-state index in [2.05, 4.69) is 15.9 Å². The second kappa shape index (κ2) is 8.96. The molecule has 7 nitrogen and oxygen atoms in total. The average Bonchev–Trinajstić information content (AvgIpc) is 2.62. The van der Waals surface area contributed by atoms with E-state index in [1.54, 1.807) is 16.8 Å². The fourth-order valence-electron chi connectivity index (χ4n) is 2.58. The highest BCUT2D eigenvalue weighted by Crippen LogP contribution is 2.20. The summed E-state index contributed by atoms with van der Waals surface area (Å²) in [5.74, 6) is 0.169. The molecule has 0 spiro atoms. The van der Waals surface area contributed by atoms with Crippen molar-refractivity contribution in [1.82, 2.24) is 9.47 Å². The van der Waals surface area contributed by atoms with Crippen molar-refractivity contribution in [2.45, 2.75) is 11.8 Å². The van der Waals surface area contributed by atoms with Gasteiger partial charge in [0.25, 0.3) is 0 Å². The van der Waals surface area contributed by atoms with Crippen LogP contribution in [0.3, 0.4) is 0 Å². The Morgan fingerprint density at radius 1 is 1.44 bits per heavy atom. The molecule has 2 heterocycles. The zero-order chi connectivity index (χ0) is 18.4. The summed E-state index contributed by atoms with van der Waals surface area (Å²) in [5.41, 5.74) is 1.93. The number of hydrogen-bond donors (Lipinski definition) is 0. The average molecular weight is 412 g/mol. The quantitative estimate of drug-likeness (QED) is 0.318. The smallest absolute Gasteiger partial charge is 0.339 e. The zero-order valence-electron chi connectivity index (χ0n) is 14.6. The fourth-order valence-corrected chi connectivity index (χ4v) is 2.92. The molecule has 0 aromatic carbocycles. The van der Waals surface area contributed by atoms with Crippen LogP contribution in [0.1, 0.15) is 27.7 Å². The van der Waals surface area contributed by atoms with Gasteiger partial charge < -0.3 is 18.9 Å². The van der Waals surface area contributed by atoms with Crippen LogP contribution >= 0.6 is 15.9 Å². The number of rotatable bonds is 5. The molecule has 0 N–H and O–H groups in total. The Hall–Kier alpha value is -1.93. The molecule has 2 rings (SSSR count). The van der Waals surface area contributed by atoms with Gasteiger partial charge in [-0.2, -0.15) is 0 Å². The lowest BCUT2D eigenvalue weighted by molar-refractivity contribution is -0.104. The summed E-state index contributed by atoms with van der Waals surface area (Å²) in [4.78, 5) is 29.6. The molecule has 1 fully saturated rings. The van der Waals surface area contributed by atoms with Gasteiger partial charge in [0.1, 0.15) is 17.6 Å². The summed E-state index contributed by atoms with van der Waals surface area (Å²) >= 11 is 3.55. The molecule has 0 bridgehead atoms. The highest BCUT2D eigenvalue weighted by molar-refractivity contribution is 9.09. The lowest BCUT2D eigenvalue weighted by Gasteiger charge is -2.28. The molecule has 1 unspecified atom stereocenters. The van der Waals surface area contributed by atoms with Crippen molar-refractivity contribution in [3.05, 3.63) is 40.8 Å². The van der Waals surface area contributed by atoms with Gasteiger partial charge in [-0.1, -0.05) is 15.9 Å². The lowest BCUT2D eigenvalue weighted by atomic mass is 10.1. The Bertz CT molecular complexity index is 734. The number of hydrogen-bond acceptors (Lipinski definition) is 6. The first-order valence-corrected chi connectivity index (χ1v) is 8.85. The van der Waals surface area contributed by atoms with Gasteiger partial charge in [0.15, 0.2) is 0 Å². The third kappa shape index (κ3) is 4.79. The second-order valence-electron chi connectivity index (χ2n) is 5.60. The van der Waals surface area contributed by atoms with Crippen molar-refractivity contribution in [3.8, 4) is 0 Å². The van der Waals surface area contributed by atoms with Crippen LogP contribution in [0.2, 0.25) is 0 Å². The molecule has 1 atom stereocenters. The normalized spacial score (nSPS) is 17.4. The Kier molecular flexibility index (Phi) is 6.95. The highest BCUT2D eigenvalue weighted by atomic mass is 79.9.